The first-order chi connectivity index (χ1) is 41.8. The first-order valence-electron chi connectivity index (χ1n) is 31.6. The summed E-state index contributed by atoms with van der Waals surface area (Å²) in [6.07, 6.45) is 23.3. The number of anilines is 1. The van der Waals surface area contributed by atoms with Crippen molar-refractivity contribution in [3.8, 4) is 0 Å². The van der Waals surface area contributed by atoms with E-state index in [2.05, 4.69) is 63.8 Å². The van der Waals surface area contributed by atoms with Crippen molar-refractivity contribution in [1.29, 1.82) is 0 Å². The molecule has 2 aromatic heterocycles. The highest BCUT2D eigenvalue weighted by molar-refractivity contribution is 6.17. The second-order valence-corrected chi connectivity index (χ2v) is 25.8. The fraction of sp³-hybridized carbons (Fsp3) is 0.461. The van der Waals surface area contributed by atoms with E-state index in [-0.39, 0.29) is 75.7 Å². The van der Waals surface area contributed by atoms with E-state index in [0.29, 0.717) is 70.8 Å². The van der Waals surface area contributed by atoms with Gasteiger partial charge in [0.15, 0.2) is 40.5 Å². The Morgan fingerprint density at radius 1 is 0.663 bits per heavy atom. The summed E-state index contributed by atoms with van der Waals surface area (Å²) < 4.78 is 0. The van der Waals surface area contributed by atoms with Crippen LogP contribution in [0.3, 0.4) is 0 Å². The van der Waals surface area contributed by atoms with Crippen LogP contribution in [-0.4, -0.2) is 73.7 Å². The Balaban J connectivity index is 0.000000360. The number of benzene rings is 2. The first-order valence-corrected chi connectivity index (χ1v) is 31.6. The Labute approximate surface area is 532 Å². The zero-order chi connectivity index (χ0) is 67.1. The van der Waals surface area contributed by atoms with Crippen LogP contribution in [0.5, 0.6) is 0 Å². The van der Waals surface area contributed by atoms with Crippen molar-refractivity contribution in [3.63, 3.8) is 0 Å². The summed E-state index contributed by atoms with van der Waals surface area (Å²) in [5, 5.41) is 2.79. The molecule has 1 N–H and O–H groups in total. The third-order valence-corrected chi connectivity index (χ3v) is 14.7. The molecule has 89 heavy (non-hydrogen) atoms. The van der Waals surface area contributed by atoms with E-state index in [1.54, 1.807) is 35.5 Å². The normalized spacial score (nSPS) is 15.3. The minimum Gasteiger partial charge on any atom is -0.320 e. The molecule has 2 amide bonds. The number of allylic oxidation sites excluding steroid dienone is 9. The lowest BCUT2D eigenvalue weighted by Crippen LogP contribution is -2.40. The molecule has 1 atom stereocenters. The molecule has 3 heterocycles. The molecule has 1 saturated carbocycles. The molecule has 1 unspecified atom stereocenters. The van der Waals surface area contributed by atoms with E-state index in [1.165, 1.54) is 18.2 Å². The molecule has 8 rings (SSSR count). The van der Waals surface area contributed by atoms with Crippen LogP contribution >= 0.6 is 0 Å². The summed E-state index contributed by atoms with van der Waals surface area (Å²) in [5.41, 5.74) is 5.68. The SMILES string of the molecule is CC(C)/C=C/C(=O)c1ccccc1.CC(C)C(=O)/C=C/c1ccccc1.CC(C)C(=O)C1(C)CC1.CC(C)C1=CC(=O)C=CC1=O.CC(C)C1CCC=CC1=O.CC(C)CCN1Cc2cc(C(=O)C(C)C)cnc2NC1=O.Cc1ccc(C(=O)C(C)C)cn1. The number of carbonyl (C=O) groups excluding carboxylic acids is 9. The summed E-state index contributed by atoms with van der Waals surface area (Å²) in [4.78, 5) is 112. The van der Waals surface area contributed by atoms with Gasteiger partial charge in [0.25, 0.3) is 0 Å². The van der Waals surface area contributed by atoms with Gasteiger partial charge < -0.3 is 4.90 Å². The predicted molar refractivity (Wildman–Crippen MR) is 361 cm³/mol. The van der Waals surface area contributed by atoms with Crippen LogP contribution in [-0.2, 0) is 30.5 Å². The minimum absolute atomic E-state index is 0.0420. The molecule has 1 fully saturated rings. The van der Waals surface area contributed by atoms with E-state index in [9.17, 15) is 43.2 Å². The highest BCUT2D eigenvalue weighted by Crippen LogP contribution is 2.47. The number of ketones is 8. The van der Waals surface area contributed by atoms with E-state index < -0.39 is 0 Å². The van der Waals surface area contributed by atoms with Crippen molar-refractivity contribution in [2.45, 2.75) is 163 Å². The zero-order valence-electron chi connectivity index (χ0n) is 56.5. The lowest BCUT2D eigenvalue weighted by Gasteiger charge is -2.29. The van der Waals surface area contributed by atoms with Gasteiger partial charge in [0.1, 0.15) is 11.6 Å². The molecular formula is C76H102N4O9. The Bertz CT molecular complexity index is 3120. The lowest BCUT2D eigenvalue weighted by atomic mass is 9.84. The monoisotopic (exact) mass is 1210 g/mol. The van der Waals surface area contributed by atoms with Crippen LogP contribution in [0.25, 0.3) is 6.08 Å². The van der Waals surface area contributed by atoms with Gasteiger partial charge >= 0.3 is 6.03 Å². The van der Waals surface area contributed by atoms with Crippen LogP contribution in [0.15, 0.2) is 145 Å². The molecule has 3 aliphatic carbocycles. The van der Waals surface area contributed by atoms with Crippen molar-refractivity contribution in [2.75, 3.05) is 11.9 Å². The highest BCUT2D eigenvalue weighted by atomic mass is 16.2. The van der Waals surface area contributed by atoms with E-state index in [0.717, 1.165) is 54.5 Å². The maximum atomic E-state index is 12.1. The number of nitrogens with zero attached hydrogens (tertiary/aromatic N) is 3. The molecule has 0 saturated heterocycles. The largest absolute Gasteiger partial charge is 0.323 e. The van der Waals surface area contributed by atoms with Gasteiger partial charge in [-0.15, -0.1) is 0 Å². The summed E-state index contributed by atoms with van der Waals surface area (Å²) in [7, 11) is 0. The number of pyridine rings is 2. The number of hydrogen-bond acceptors (Lipinski definition) is 11. The van der Waals surface area contributed by atoms with Crippen LogP contribution in [0.2, 0.25) is 0 Å². The summed E-state index contributed by atoms with van der Waals surface area (Å²) in [6.45, 7) is 36.9. The van der Waals surface area contributed by atoms with Gasteiger partial charge in [0.2, 0.25) is 0 Å². The molecule has 0 radical (unpaired) electrons. The topological polar surface area (TPSA) is 195 Å². The number of aromatic nitrogens is 2. The van der Waals surface area contributed by atoms with Gasteiger partial charge in [-0.1, -0.05) is 197 Å². The predicted octanol–water partition coefficient (Wildman–Crippen LogP) is 17.0. The highest BCUT2D eigenvalue weighted by Gasteiger charge is 2.45. The number of fused-ring (bicyclic) bond motifs is 1. The van der Waals surface area contributed by atoms with Crippen molar-refractivity contribution < 1.29 is 43.2 Å². The van der Waals surface area contributed by atoms with Crippen LogP contribution in [0, 0.1) is 65.6 Å². The van der Waals surface area contributed by atoms with Gasteiger partial charge in [0, 0.05) is 87.5 Å². The van der Waals surface area contributed by atoms with E-state index >= 15 is 0 Å². The summed E-state index contributed by atoms with van der Waals surface area (Å²) >= 11 is 0. The maximum absolute atomic E-state index is 12.1. The second kappa shape index (κ2) is 39.2. The molecular weight excluding hydrogens is 1110 g/mol. The molecule has 1 aliphatic heterocycles. The average Bonchev–Trinajstić information content (AvgIpc) is 2.02. The molecule has 13 heteroatoms. The third kappa shape index (κ3) is 29.3. The number of aryl methyl sites for hydroxylation is 1. The maximum Gasteiger partial charge on any atom is 0.323 e. The summed E-state index contributed by atoms with van der Waals surface area (Å²) in [6, 6.07) is 24.6. The van der Waals surface area contributed by atoms with Gasteiger partial charge in [-0.25, -0.2) is 9.78 Å². The number of carbonyl (C=O) groups is 9. The van der Waals surface area contributed by atoms with Crippen LogP contribution < -0.4 is 5.32 Å². The number of urea groups is 1. The third-order valence-electron chi connectivity index (χ3n) is 14.7. The molecule has 0 spiro atoms. The standard InChI is InChI=1S/C16H23N3O2.2C12H14O.C10H13NO.C9H10O2.C9H14O.C8H14O/c1-10(2)5-6-19-9-13-7-12(14(20)11(3)4)8-17-15(13)18-16(19)21;1-10(2)12(13)9-8-11-6-4-3-5-7-11;1-10(2)8-9-12(13)11-6-4-3-5-7-11;1-7(2)10(12)9-5-4-8(3)11-6-9;1-6(2)8-5-7(10)3-4-9(8)11;1-7(2)8-5-3-4-6-9(8)10;1-6(2)7(9)8(3)4-5-8/h7-8,10-11H,5-6,9H2,1-4H3,(H,17,18,21);2*3-10H,1-2H3;4-7H,1-3H3;3-6H,1-2H3;4,6-8H,3,5H2,1-2H3;6H,4-5H2,1-3H3/b;2*9-8+;;;;. The van der Waals surface area contributed by atoms with Gasteiger partial charge in [-0.05, 0) is 123 Å². The molecule has 4 aliphatic rings. The Kier molecular flexibility index (Phi) is 33.9. The van der Waals surface area contributed by atoms with Crippen molar-refractivity contribution >= 4 is 64.2 Å². The average molecular weight is 1220 g/mol. The zero-order valence-corrected chi connectivity index (χ0v) is 56.5. The Hall–Kier alpha value is -7.93. The molecule has 480 valence electrons. The van der Waals surface area contributed by atoms with E-state index in [4.69, 9.17) is 0 Å². The van der Waals surface area contributed by atoms with Crippen molar-refractivity contribution in [2.24, 2.45) is 58.7 Å². The molecule has 0 bridgehead atoms. The number of rotatable bonds is 17. The molecule has 4 aromatic rings. The number of hydrogen-bond donors (Lipinski definition) is 1. The molecule has 2 aromatic carbocycles. The fourth-order valence-corrected chi connectivity index (χ4v) is 8.64. The van der Waals surface area contributed by atoms with Crippen molar-refractivity contribution in [3.05, 3.63) is 179 Å². The minimum atomic E-state index is -0.112. The first kappa shape index (κ1) is 77.2. The fourth-order valence-electron chi connectivity index (χ4n) is 8.64. The molecule has 13 nitrogen and oxygen atoms in total. The van der Waals surface area contributed by atoms with Crippen LogP contribution in [0.4, 0.5) is 10.6 Å². The Morgan fingerprint density at radius 3 is 1.71 bits per heavy atom. The quantitative estimate of drug-likeness (QED) is 0.0600. The van der Waals surface area contributed by atoms with Crippen molar-refractivity contribution in [1.82, 2.24) is 14.9 Å². The van der Waals surface area contributed by atoms with Gasteiger partial charge in [-0.2, -0.15) is 0 Å². The number of amides is 2. The van der Waals surface area contributed by atoms with E-state index in [1.807, 2.05) is 173 Å². The summed E-state index contributed by atoms with van der Waals surface area (Å²) in [5.74, 6) is 3.92. The van der Waals surface area contributed by atoms with Gasteiger partial charge in [0.05, 0.1) is 6.54 Å². The number of nitrogens with one attached hydrogen (secondary N) is 1. The smallest absolute Gasteiger partial charge is 0.320 e. The van der Waals surface area contributed by atoms with Gasteiger partial charge in [-0.3, -0.25) is 48.7 Å². The van der Waals surface area contributed by atoms with Crippen LogP contribution in [0.1, 0.15) is 198 Å². The lowest BCUT2D eigenvalue weighted by molar-refractivity contribution is -0.126. The second-order valence-electron chi connectivity index (χ2n) is 25.8. The number of Topliss-reactive ketones (excluding diaryl/α,β-unsaturated/α-hetero) is 3. The Morgan fingerprint density at radius 2 is 1.25 bits per heavy atom.